The van der Waals surface area contributed by atoms with Gasteiger partial charge in [0.15, 0.2) is 0 Å². The highest BCUT2D eigenvalue weighted by atomic mass is 14.9. The molecule has 3 aromatic heterocycles. The van der Waals surface area contributed by atoms with Crippen molar-refractivity contribution >= 4 is 44.4 Å². The van der Waals surface area contributed by atoms with Crippen molar-refractivity contribution in [3.8, 4) is 0 Å². The predicted octanol–water partition coefficient (Wildman–Crippen LogP) is 11.1. The molecule has 278 valence electrons. The molecule has 0 amide bonds. The van der Waals surface area contributed by atoms with Crippen molar-refractivity contribution in [2.24, 2.45) is 0 Å². The first-order valence-corrected chi connectivity index (χ1v) is 20.0. The van der Waals surface area contributed by atoms with Gasteiger partial charge in [0.1, 0.15) is 0 Å². The summed E-state index contributed by atoms with van der Waals surface area (Å²) in [5.41, 5.74) is 21.8. The number of allylic oxidation sites excluding steroid dienone is 4. The summed E-state index contributed by atoms with van der Waals surface area (Å²) in [4.78, 5) is 18.4. The number of nitrogens with one attached hydrogen (secondary N) is 4. The number of nitrogens with zero attached hydrogens (tertiary/aromatic N) is 2. The van der Waals surface area contributed by atoms with E-state index in [1.54, 1.807) is 0 Å². The molecular formula is C48H56N6. The lowest BCUT2D eigenvalue weighted by Crippen LogP contribution is -2.15. The van der Waals surface area contributed by atoms with Gasteiger partial charge in [-0.3, -0.25) is 0 Å². The summed E-state index contributed by atoms with van der Waals surface area (Å²) < 4.78 is 0. The van der Waals surface area contributed by atoms with Crippen LogP contribution in [0.15, 0.2) is 84.9 Å². The molecule has 0 radical (unpaired) electrons. The molecule has 0 spiro atoms. The summed E-state index contributed by atoms with van der Waals surface area (Å²) in [5.74, 6) is 0. The summed E-state index contributed by atoms with van der Waals surface area (Å²) in [5, 5.41) is 7.33. The van der Waals surface area contributed by atoms with Gasteiger partial charge >= 0.3 is 0 Å². The number of aromatic amines is 2. The fraction of sp³-hybridized carbons (Fsp3) is 0.333. The van der Waals surface area contributed by atoms with E-state index < -0.39 is 0 Å². The van der Waals surface area contributed by atoms with E-state index in [0.717, 1.165) is 110 Å². The summed E-state index contributed by atoms with van der Waals surface area (Å²) in [6.45, 7) is 17.1. The van der Waals surface area contributed by atoms with Gasteiger partial charge < -0.3 is 20.6 Å². The molecule has 8 bridgehead atoms. The van der Waals surface area contributed by atoms with E-state index in [1.165, 1.54) is 55.7 Å². The minimum absolute atomic E-state index is 0.881. The first kappa shape index (κ1) is 37.3. The van der Waals surface area contributed by atoms with Crippen molar-refractivity contribution in [1.82, 2.24) is 30.6 Å². The average Bonchev–Trinajstić information content (AvgIpc) is 3.85. The number of benzene rings is 2. The highest BCUT2D eigenvalue weighted by molar-refractivity contribution is 5.95. The molecule has 0 aliphatic carbocycles. The van der Waals surface area contributed by atoms with Crippen LogP contribution in [0.4, 0.5) is 0 Å². The first-order chi connectivity index (χ1) is 26.3. The number of hydrogen-bond acceptors (Lipinski definition) is 4. The number of aryl methyl sites for hydroxylation is 4. The molecule has 54 heavy (non-hydrogen) atoms. The molecule has 7 rings (SSSR count). The number of H-pyrrole nitrogens is 2. The summed E-state index contributed by atoms with van der Waals surface area (Å²) >= 11 is 0. The van der Waals surface area contributed by atoms with Gasteiger partial charge in [-0.25, -0.2) is 9.97 Å². The Kier molecular flexibility index (Phi) is 11.7. The third kappa shape index (κ3) is 8.06. The Hall–Kier alpha value is -5.04. The Balaban J connectivity index is 1.31. The zero-order valence-electron chi connectivity index (χ0n) is 33.0. The summed E-state index contributed by atoms with van der Waals surface area (Å²) in [6, 6.07) is 30.5. The molecule has 5 aromatic rings. The highest BCUT2D eigenvalue weighted by Gasteiger charge is 2.20. The molecule has 2 aromatic carbocycles. The standard InChI is InChI=1S/C48H56N6/c1-7-37-31(3)41-25-42-33(5)39(21-15-23-49-29-35-17-11-9-12-18-35)47(53-42)28-48-40(22-16-24-50-30-36-19-13-10-14-20-36)34(6)44(54-48)27-46-38(8-2)32(4)43(52-46)26-45(37)51-41/h9-14,17-20,25-28,49-51,54H,7-8,15-16,21-24,29-30H2,1-6H3. The van der Waals surface area contributed by atoms with E-state index in [2.05, 4.69) is 147 Å². The molecular weight excluding hydrogens is 661 g/mol. The van der Waals surface area contributed by atoms with Gasteiger partial charge in [-0.15, -0.1) is 0 Å². The minimum atomic E-state index is 0.881. The van der Waals surface area contributed by atoms with Crippen LogP contribution < -0.4 is 10.6 Å². The van der Waals surface area contributed by atoms with E-state index in [9.17, 15) is 0 Å². The van der Waals surface area contributed by atoms with E-state index >= 15 is 0 Å². The van der Waals surface area contributed by atoms with Gasteiger partial charge in [-0.05, 0) is 159 Å². The third-order valence-electron chi connectivity index (χ3n) is 11.4. The molecule has 0 atom stereocenters. The van der Waals surface area contributed by atoms with Crippen LogP contribution in [0.2, 0.25) is 0 Å². The van der Waals surface area contributed by atoms with Gasteiger partial charge in [0, 0.05) is 35.2 Å². The fourth-order valence-corrected chi connectivity index (χ4v) is 8.19. The van der Waals surface area contributed by atoms with E-state index in [1.807, 2.05) is 0 Å². The van der Waals surface area contributed by atoms with Crippen molar-refractivity contribution < 1.29 is 0 Å². The van der Waals surface area contributed by atoms with E-state index in [4.69, 9.17) is 9.97 Å². The second kappa shape index (κ2) is 17.0. The molecule has 6 nitrogen and oxygen atoms in total. The Morgan fingerprint density at radius 1 is 0.500 bits per heavy atom. The lowest BCUT2D eigenvalue weighted by Gasteiger charge is -2.08. The minimum Gasteiger partial charge on any atom is -0.355 e. The Labute approximate surface area is 321 Å². The van der Waals surface area contributed by atoms with Crippen molar-refractivity contribution in [3.63, 3.8) is 0 Å². The molecule has 6 heteroatoms. The molecule has 0 unspecified atom stereocenters. The molecule has 2 aliphatic heterocycles. The van der Waals surface area contributed by atoms with E-state index in [-0.39, 0.29) is 0 Å². The maximum absolute atomic E-state index is 5.40. The van der Waals surface area contributed by atoms with Gasteiger partial charge in [0.05, 0.1) is 22.8 Å². The predicted molar refractivity (Wildman–Crippen MR) is 229 cm³/mol. The van der Waals surface area contributed by atoms with Crippen LogP contribution in [0.5, 0.6) is 0 Å². The van der Waals surface area contributed by atoms with Crippen LogP contribution in [0, 0.1) is 13.8 Å². The molecule has 4 N–H and O–H groups in total. The quantitative estimate of drug-likeness (QED) is 0.0863. The lowest BCUT2D eigenvalue weighted by molar-refractivity contribution is 0.650. The van der Waals surface area contributed by atoms with Gasteiger partial charge in [-0.2, -0.15) is 0 Å². The lowest BCUT2D eigenvalue weighted by atomic mass is 10.00. The molecule has 5 heterocycles. The molecule has 2 aliphatic rings. The molecule has 0 saturated heterocycles. The van der Waals surface area contributed by atoms with Crippen molar-refractivity contribution in [2.75, 3.05) is 13.1 Å². The zero-order valence-corrected chi connectivity index (χ0v) is 33.0. The normalized spacial score (nSPS) is 13.0. The summed E-state index contributed by atoms with van der Waals surface area (Å²) in [6.07, 6.45) is 5.89. The number of rotatable bonds is 14. The van der Waals surface area contributed by atoms with Crippen LogP contribution in [0.25, 0.3) is 44.4 Å². The Bertz CT molecular complexity index is 2340. The maximum atomic E-state index is 5.40. The average molecular weight is 717 g/mol. The van der Waals surface area contributed by atoms with Gasteiger partial charge in [-0.1, -0.05) is 74.5 Å². The van der Waals surface area contributed by atoms with Crippen molar-refractivity contribution in [1.29, 1.82) is 0 Å². The smallest absolute Gasteiger partial charge is 0.0693 e. The van der Waals surface area contributed by atoms with Crippen LogP contribution >= 0.6 is 0 Å². The maximum Gasteiger partial charge on any atom is 0.0693 e. The largest absolute Gasteiger partial charge is 0.355 e. The topological polar surface area (TPSA) is 81.4 Å². The first-order valence-electron chi connectivity index (χ1n) is 20.0. The fourth-order valence-electron chi connectivity index (χ4n) is 8.19. The monoisotopic (exact) mass is 716 g/mol. The van der Waals surface area contributed by atoms with Crippen molar-refractivity contribution in [3.05, 3.63) is 141 Å². The third-order valence-corrected chi connectivity index (χ3v) is 11.4. The number of aromatic nitrogens is 4. The molecule has 0 fully saturated rings. The van der Waals surface area contributed by atoms with Gasteiger partial charge in [0.2, 0.25) is 0 Å². The van der Waals surface area contributed by atoms with Crippen LogP contribution in [0.3, 0.4) is 0 Å². The highest BCUT2D eigenvalue weighted by Crippen LogP contribution is 2.37. The van der Waals surface area contributed by atoms with Crippen LogP contribution in [0.1, 0.15) is 110 Å². The van der Waals surface area contributed by atoms with Gasteiger partial charge in [0.25, 0.3) is 0 Å². The Morgan fingerprint density at radius 2 is 0.963 bits per heavy atom. The van der Waals surface area contributed by atoms with E-state index in [0.29, 0.717) is 0 Å². The second-order valence-corrected chi connectivity index (χ2v) is 14.9. The number of hydrogen-bond donors (Lipinski definition) is 4. The Morgan fingerprint density at radius 3 is 1.54 bits per heavy atom. The second-order valence-electron chi connectivity index (χ2n) is 14.9. The molecule has 0 saturated carbocycles. The summed E-state index contributed by atoms with van der Waals surface area (Å²) in [7, 11) is 0. The zero-order chi connectivity index (χ0) is 37.6. The SMILES string of the molecule is CCC1=C(C)c2cc3[nH]c(cc4nc(cc5[nH]c(cc1n2)c(C)c5CCCNCc1ccccc1)C(CCCNCc1ccccc1)=C4C)c(C)c3CC. The number of fused-ring (bicyclic) bond motifs is 8. The van der Waals surface area contributed by atoms with Crippen LogP contribution in [-0.2, 0) is 25.9 Å². The van der Waals surface area contributed by atoms with Crippen LogP contribution in [-0.4, -0.2) is 33.0 Å². The van der Waals surface area contributed by atoms with Crippen molar-refractivity contribution in [2.45, 2.75) is 93.2 Å².